The molecular formula is C16H23Br2NO. The quantitative estimate of drug-likeness (QED) is 0.699. The van der Waals surface area contributed by atoms with Gasteiger partial charge in [0.2, 0.25) is 0 Å². The second-order valence-electron chi connectivity index (χ2n) is 5.80. The van der Waals surface area contributed by atoms with Crippen LogP contribution >= 0.6 is 31.9 Å². The summed E-state index contributed by atoms with van der Waals surface area (Å²) in [5, 5.41) is 0. The Morgan fingerprint density at radius 2 is 1.70 bits per heavy atom. The lowest BCUT2D eigenvalue weighted by molar-refractivity contribution is 0.181. The molecule has 0 aromatic heterocycles. The molecule has 0 amide bonds. The summed E-state index contributed by atoms with van der Waals surface area (Å²) in [5.74, 6) is 0.935. The van der Waals surface area contributed by atoms with Crippen LogP contribution in [0.25, 0.3) is 0 Å². The summed E-state index contributed by atoms with van der Waals surface area (Å²) >= 11 is 7.28. The number of hydrogen-bond donors (Lipinski definition) is 1. The second kappa shape index (κ2) is 7.81. The average Bonchev–Trinajstić information content (AvgIpc) is 2.61. The fourth-order valence-electron chi connectivity index (χ4n) is 2.74. The maximum Gasteiger partial charge on any atom is 0.148 e. The summed E-state index contributed by atoms with van der Waals surface area (Å²) in [5.41, 5.74) is 7.10. The highest BCUT2D eigenvalue weighted by molar-refractivity contribution is 9.11. The normalized spacial score (nSPS) is 18.6. The van der Waals surface area contributed by atoms with E-state index in [9.17, 15) is 0 Å². The van der Waals surface area contributed by atoms with Crippen LogP contribution in [0.2, 0.25) is 0 Å². The SMILES string of the molecule is CC(N)Cc1cc(Br)c(OC2CCCCCC2)c(Br)c1. The van der Waals surface area contributed by atoms with Crippen LogP contribution in [0.5, 0.6) is 5.75 Å². The average molecular weight is 405 g/mol. The van der Waals surface area contributed by atoms with E-state index in [1.807, 2.05) is 6.92 Å². The highest BCUT2D eigenvalue weighted by Crippen LogP contribution is 2.37. The fourth-order valence-corrected chi connectivity index (χ4v) is 4.21. The zero-order valence-electron chi connectivity index (χ0n) is 12.0. The first-order chi connectivity index (χ1) is 9.56. The number of hydrogen-bond acceptors (Lipinski definition) is 2. The third-order valence-corrected chi connectivity index (χ3v) is 4.88. The first-order valence-electron chi connectivity index (χ1n) is 7.46. The Hall–Kier alpha value is -0.0600. The largest absolute Gasteiger partial charge is 0.488 e. The van der Waals surface area contributed by atoms with E-state index in [2.05, 4.69) is 44.0 Å². The molecule has 4 heteroatoms. The molecule has 0 aliphatic heterocycles. The Morgan fingerprint density at radius 3 is 2.20 bits per heavy atom. The minimum Gasteiger partial charge on any atom is -0.488 e. The highest BCUT2D eigenvalue weighted by atomic mass is 79.9. The molecule has 2 nitrogen and oxygen atoms in total. The van der Waals surface area contributed by atoms with Crippen molar-refractivity contribution in [3.8, 4) is 5.75 Å². The van der Waals surface area contributed by atoms with E-state index in [0.717, 1.165) is 21.1 Å². The lowest BCUT2D eigenvalue weighted by Crippen LogP contribution is -2.18. The molecule has 2 N–H and O–H groups in total. The van der Waals surface area contributed by atoms with Crippen molar-refractivity contribution in [1.29, 1.82) is 0 Å². The minimum absolute atomic E-state index is 0.169. The zero-order valence-corrected chi connectivity index (χ0v) is 15.2. The molecule has 112 valence electrons. The van der Waals surface area contributed by atoms with E-state index in [1.165, 1.54) is 44.1 Å². The molecule has 2 rings (SSSR count). The van der Waals surface area contributed by atoms with E-state index in [0.29, 0.717) is 6.10 Å². The summed E-state index contributed by atoms with van der Waals surface area (Å²) in [6, 6.07) is 4.42. The predicted molar refractivity (Wildman–Crippen MR) is 91.3 cm³/mol. The van der Waals surface area contributed by atoms with Crippen LogP contribution < -0.4 is 10.5 Å². The standard InChI is InChI=1S/C16H23Br2NO/c1-11(19)8-12-9-14(17)16(15(18)10-12)20-13-6-4-2-3-5-7-13/h9-11,13H,2-8,19H2,1H3. The molecule has 0 spiro atoms. The third-order valence-electron chi connectivity index (χ3n) is 3.70. The van der Waals surface area contributed by atoms with Crippen molar-refractivity contribution >= 4 is 31.9 Å². The summed E-state index contributed by atoms with van der Waals surface area (Å²) in [7, 11) is 0. The van der Waals surface area contributed by atoms with Gasteiger partial charge in [0.15, 0.2) is 0 Å². The molecule has 0 saturated heterocycles. The Balaban J connectivity index is 2.10. The van der Waals surface area contributed by atoms with Gasteiger partial charge in [0, 0.05) is 6.04 Å². The van der Waals surface area contributed by atoms with Crippen LogP contribution in [0.15, 0.2) is 21.1 Å². The molecule has 0 bridgehead atoms. The first kappa shape index (κ1) is 16.3. The Kier molecular flexibility index (Phi) is 6.37. The number of benzene rings is 1. The van der Waals surface area contributed by atoms with E-state index in [4.69, 9.17) is 10.5 Å². The molecule has 1 aliphatic carbocycles. The Morgan fingerprint density at radius 1 is 1.15 bits per heavy atom. The molecule has 1 atom stereocenters. The van der Waals surface area contributed by atoms with Crippen molar-refractivity contribution in [3.63, 3.8) is 0 Å². The molecule has 1 aromatic carbocycles. The van der Waals surface area contributed by atoms with Crippen LogP contribution in [0.4, 0.5) is 0 Å². The van der Waals surface area contributed by atoms with Crippen molar-refractivity contribution in [3.05, 3.63) is 26.6 Å². The number of rotatable bonds is 4. The van der Waals surface area contributed by atoms with Crippen molar-refractivity contribution in [1.82, 2.24) is 0 Å². The molecule has 1 aromatic rings. The molecule has 1 saturated carbocycles. The first-order valence-corrected chi connectivity index (χ1v) is 9.05. The lowest BCUT2D eigenvalue weighted by atomic mass is 10.1. The van der Waals surface area contributed by atoms with Gasteiger partial charge in [0.05, 0.1) is 15.0 Å². The van der Waals surface area contributed by atoms with Gasteiger partial charge in [0.1, 0.15) is 5.75 Å². The van der Waals surface area contributed by atoms with E-state index in [-0.39, 0.29) is 6.04 Å². The van der Waals surface area contributed by atoms with Gasteiger partial charge < -0.3 is 10.5 Å². The predicted octanol–water partition coefficient (Wildman–Crippen LogP) is 5.20. The number of halogens is 2. The second-order valence-corrected chi connectivity index (χ2v) is 7.51. The van der Waals surface area contributed by atoms with E-state index in [1.54, 1.807) is 0 Å². The summed E-state index contributed by atoms with van der Waals surface area (Å²) in [6.07, 6.45) is 8.81. The maximum absolute atomic E-state index is 6.23. The Labute approximate surface area is 138 Å². The van der Waals surface area contributed by atoms with Crippen LogP contribution in [-0.4, -0.2) is 12.1 Å². The van der Waals surface area contributed by atoms with Crippen LogP contribution in [0, 0.1) is 0 Å². The number of nitrogens with two attached hydrogens (primary N) is 1. The molecule has 0 heterocycles. The monoisotopic (exact) mass is 403 g/mol. The van der Waals surface area contributed by atoms with Gasteiger partial charge >= 0.3 is 0 Å². The third kappa shape index (κ3) is 4.74. The highest BCUT2D eigenvalue weighted by Gasteiger charge is 2.17. The molecule has 20 heavy (non-hydrogen) atoms. The van der Waals surface area contributed by atoms with E-state index >= 15 is 0 Å². The molecule has 1 aliphatic rings. The molecular weight excluding hydrogens is 382 g/mol. The van der Waals surface area contributed by atoms with Crippen molar-refractivity contribution < 1.29 is 4.74 Å². The van der Waals surface area contributed by atoms with Gasteiger partial charge in [-0.05, 0) is 88.6 Å². The summed E-state index contributed by atoms with van der Waals surface area (Å²) in [6.45, 7) is 2.03. The molecule has 1 unspecified atom stereocenters. The topological polar surface area (TPSA) is 35.2 Å². The smallest absolute Gasteiger partial charge is 0.148 e. The minimum atomic E-state index is 0.169. The summed E-state index contributed by atoms with van der Waals surface area (Å²) in [4.78, 5) is 0. The van der Waals surface area contributed by atoms with Gasteiger partial charge in [-0.2, -0.15) is 0 Å². The van der Waals surface area contributed by atoms with Gasteiger partial charge in [-0.25, -0.2) is 0 Å². The van der Waals surface area contributed by atoms with Gasteiger partial charge in [-0.15, -0.1) is 0 Å². The fraction of sp³-hybridized carbons (Fsp3) is 0.625. The lowest BCUT2D eigenvalue weighted by Gasteiger charge is -2.20. The van der Waals surface area contributed by atoms with Crippen molar-refractivity contribution in [2.75, 3.05) is 0 Å². The maximum atomic E-state index is 6.23. The van der Waals surface area contributed by atoms with Crippen LogP contribution in [0.1, 0.15) is 51.0 Å². The van der Waals surface area contributed by atoms with Gasteiger partial charge in [0.25, 0.3) is 0 Å². The van der Waals surface area contributed by atoms with Crippen molar-refractivity contribution in [2.24, 2.45) is 5.73 Å². The van der Waals surface area contributed by atoms with Gasteiger partial charge in [-0.3, -0.25) is 0 Å². The van der Waals surface area contributed by atoms with Crippen molar-refractivity contribution in [2.45, 2.75) is 64.0 Å². The Bertz CT molecular complexity index is 417. The molecule has 0 radical (unpaired) electrons. The molecule has 1 fully saturated rings. The van der Waals surface area contributed by atoms with Crippen LogP contribution in [0.3, 0.4) is 0 Å². The van der Waals surface area contributed by atoms with Gasteiger partial charge in [-0.1, -0.05) is 12.8 Å². The zero-order chi connectivity index (χ0) is 14.5. The van der Waals surface area contributed by atoms with E-state index < -0.39 is 0 Å². The summed E-state index contributed by atoms with van der Waals surface area (Å²) < 4.78 is 8.27. The number of ether oxygens (including phenoxy) is 1. The van der Waals surface area contributed by atoms with Crippen LogP contribution in [-0.2, 0) is 6.42 Å².